The van der Waals surface area contributed by atoms with Crippen LogP contribution in [0.15, 0.2) is 71.8 Å². The number of carbonyl (C=O) groups is 1. The van der Waals surface area contributed by atoms with E-state index in [-0.39, 0.29) is 12.5 Å². The van der Waals surface area contributed by atoms with Gasteiger partial charge in [0.05, 0.1) is 12.8 Å². The lowest BCUT2D eigenvalue weighted by Gasteiger charge is -2.05. The van der Waals surface area contributed by atoms with E-state index in [1.807, 2.05) is 61.5 Å². The van der Waals surface area contributed by atoms with Gasteiger partial charge >= 0.3 is 0 Å². The van der Waals surface area contributed by atoms with Crippen LogP contribution in [0.1, 0.15) is 11.1 Å². The molecule has 1 amide bonds. The van der Waals surface area contributed by atoms with Gasteiger partial charge in [-0.2, -0.15) is 5.10 Å². The molecule has 0 aliphatic rings. The zero-order valence-corrected chi connectivity index (χ0v) is 13.5. The fourth-order valence-corrected chi connectivity index (χ4v) is 2.43. The van der Waals surface area contributed by atoms with E-state index in [0.29, 0.717) is 0 Å². The van der Waals surface area contributed by atoms with E-state index in [2.05, 4.69) is 28.0 Å². The van der Waals surface area contributed by atoms with Crippen molar-refractivity contribution in [2.45, 2.75) is 6.92 Å². The zero-order valence-electron chi connectivity index (χ0n) is 13.5. The van der Waals surface area contributed by atoms with Crippen LogP contribution in [-0.2, 0) is 4.79 Å². The molecule has 0 aliphatic heterocycles. The molecule has 0 bridgehead atoms. The number of nitrogens with zero attached hydrogens (tertiary/aromatic N) is 1. The lowest BCUT2D eigenvalue weighted by molar-refractivity contribution is -0.119. The molecule has 4 heteroatoms. The molecule has 120 valence electrons. The van der Waals surface area contributed by atoms with Gasteiger partial charge in [0.15, 0.2) is 0 Å². The largest absolute Gasteiger partial charge is 0.376 e. The summed E-state index contributed by atoms with van der Waals surface area (Å²) in [7, 11) is 0. The highest BCUT2D eigenvalue weighted by atomic mass is 16.2. The third-order valence-corrected chi connectivity index (χ3v) is 3.72. The van der Waals surface area contributed by atoms with Crippen molar-refractivity contribution in [3.8, 4) is 0 Å². The Morgan fingerprint density at radius 3 is 2.58 bits per heavy atom. The topological polar surface area (TPSA) is 53.5 Å². The number of aryl methyl sites for hydroxylation is 1. The Bertz CT molecular complexity index is 864. The fraction of sp³-hybridized carbons (Fsp3) is 0.100. The van der Waals surface area contributed by atoms with Crippen molar-refractivity contribution in [2.75, 3.05) is 11.9 Å². The van der Waals surface area contributed by atoms with E-state index in [9.17, 15) is 4.79 Å². The van der Waals surface area contributed by atoms with Crippen molar-refractivity contribution < 1.29 is 4.79 Å². The Balaban J connectivity index is 1.57. The highest BCUT2D eigenvalue weighted by Gasteiger charge is 2.00. The molecule has 0 atom stereocenters. The van der Waals surface area contributed by atoms with E-state index in [1.54, 1.807) is 6.21 Å². The smallest absolute Gasteiger partial charge is 0.259 e. The number of nitrogens with one attached hydrogen (secondary N) is 2. The average Bonchev–Trinajstić information content (AvgIpc) is 2.61. The second kappa shape index (κ2) is 7.42. The summed E-state index contributed by atoms with van der Waals surface area (Å²) in [5.41, 5.74) is 5.61. The number of rotatable bonds is 5. The van der Waals surface area contributed by atoms with E-state index in [1.165, 1.54) is 5.56 Å². The number of amides is 1. The lowest BCUT2D eigenvalue weighted by atomic mass is 10.1. The molecule has 0 unspecified atom stereocenters. The maximum atomic E-state index is 11.8. The minimum Gasteiger partial charge on any atom is -0.376 e. The normalized spacial score (nSPS) is 10.9. The Morgan fingerprint density at radius 2 is 1.75 bits per heavy atom. The molecule has 3 aromatic carbocycles. The molecule has 2 N–H and O–H groups in total. The van der Waals surface area contributed by atoms with Gasteiger partial charge in [-0.15, -0.1) is 0 Å². The van der Waals surface area contributed by atoms with Crippen LogP contribution < -0.4 is 10.7 Å². The van der Waals surface area contributed by atoms with Gasteiger partial charge < -0.3 is 5.32 Å². The van der Waals surface area contributed by atoms with Crippen molar-refractivity contribution in [3.05, 3.63) is 77.9 Å². The predicted molar refractivity (Wildman–Crippen MR) is 99.4 cm³/mol. The van der Waals surface area contributed by atoms with Gasteiger partial charge in [0.2, 0.25) is 0 Å². The van der Waals surface area contributed by atoms with Gasteiger partial charge in [-0.05, 0) is 29.8 Å². The second-order valence-electron chi connectivity index (χ2n) is 5.58. The first-order valence-electron chi connectivity index (χ1n) is 7.82. The van der Waals surface area contributed by atoms with E-state index in [4.69, 9.17) is 0 Å². The SMILES string of the molecule is Cc1ccc(NCC(=O)N/N=C\c2cccc3ccccc23)cc1. The van der Waals surface area contributed by atoms with Gasteiger partial charge in [0.25, 0.3) is 5.91 Å². The number of hydrogen-bond donors (Lipinski definition) is 2. The lowest BCUT2D eigenvalue weighted by Crippen LogP contribution is -2.25. The third-order valence-electron chi connectivity index (χ3n) is 3.72. The maximum Gasteiger partial charge on any atom is 0.259 e. The average molecular weight is 317 g/mol. The van der Waals surface area contributed by atoms with Crippen molar-refractivity contribution in [3.63, 3.8) is 0 Å². The standard InChI is InChI=1S/C20H19N3O/c1-15-9-11-18(12-10-15)21-14-20(24)23-22-13-17-7-4-6-16-5-2-3-8-19(16)17/h2-13,21H,14H2,1H3,(H,23,24)/b22-13-. The first-order chi connectivity index (χ1) is 11.7. The summed E-state index contributed by atoms with van der Waals surface area (Å²) in [6.07, 6.45) is 1.67. The summed E-state index contributed by atoms with van der Waals surface area (Å²) in [5.74, 6) is -0.188. The highest BCUT2D eigenvalue weighted by Crippen LogP contribution is 2.16. The molecule has 0 saturated carbocycles. The van der Waals surface area contributed by atoms with Crippen molar-refractivity contribution in [1.29, 1.82) is 0 Å². The first kappa shape index (κ1) is 15.7. The summed E-state index contributed by atoms with van der Waals surface area (Å²) in [5, 5.41) is 9.37. The summed E-state index contributed by atoms with van der Waals surface area (Å²) >= 11 is 0. The predicted octanol–water partition coefficient (Wildman–Crippen LogP) is 3.71. The molecular formula is C20H19N3O. The molecular weight excluding hydrogens is 298 g/mol. The monoisotopic (exact) mass is 317 g/mol. The van der Waals surface area contributed by atoms with E-state index >= 15 is 0 Å². The molecule has 0 radical (unpaired) electrons. The molecule has 0 spiro atoms. The van der Waals surface area contributed by atoms with Crippen LogP contribution in [-0.4, -0.2) is 18.7 Å². The Hall–Kier alpha value is -3.14. The van der Waals surface area contributed by atoms with Gasteiger partial charge in [-0.1, -0.05) is 60.2 Å². The van der Waals surface area contributed by atoms with Crippen molar-refractivity contribution in [1.82, 2.24) is 5.43 Å². The maximum absolute atomic E-state index is 11.8. The minimum atomic E-state index is -0.188. The fourth-order valence-electron chi connectivity index (χ4n) is 2.43. The van der Waals surface area contributed by atoms with Gasteiger partial charge in [0, 0.05) is 11.3 Å². The molecule has 24 heavy (non-hydrogen) atoms. The van der Waals surface area contributed by atoms with Crippen molar-refractivity contribution in [2.24, 2.45) is 5.10 Å². The molecule has 0 saturated heterocycles. The quantitative estimate of drug-likeness (QED) is 0.557. The first-order valence-corrected chi connectivity index (χ1v) is 7.82. The summed E-state index contributed by atoms with van der Waals surface area (Å²) in [6, 6.07) is 22.0. The third kappa shape index (κ3) is 3.98. The number of hydrazone groups is 1. The van der Waals surface area contributed by atoms with Gasteiger partial charge in [-0.25, -0.2) is 5.43 Å². The number of carbonyl (C=O) groups excluding carboxylic acids is 1. The zero-order chi connectivity index (χ0) is 16.8. The number of fused-ring (bicyclic) bond motifs is 1. The molecule has 0 aliphatic carbocycles. The van der Waals surface area contributed by atoms with Crippen LogP contribution >= 0.6 is 0 Å². The summed E-state index contributed by atoms with van der Waals surface area (Å²) in [4.78, 5) is 11.8. The van der Waals surface area contributed by atoms with Crippen LogP contribution in [0.25, 0.3) is 10.8 Å². The summed E-state index contributed by atoms with van der Waals surface area (Å²) < 4.78 is 0. The van der Waals surface area contributed by atoms with Crippen LogP contribution in [0.5, 0.6) is 0 Å². The highest BCUT2D eigenvalue weighted by molar-refractivity contribution is 6.00. The second-order valence-corrected chi connectivity index (χ2v) is 5.58. The van der Waals surface area contributed by atoms with Crippen LogP contribution in [0.4, 0.5) is 5.69 Å². The molecule has 3 aromatic rings. The molecule has 4 nitrogen and oxygen atoms in total. The minimum absolute atomic E-state index is 0.177. The Labute approximate surface area is 141 Å². The van der Waals surface area contributed by atoms with Crippen molar-refractivity contribution >= 4 is 28.6 Å². The summed E-state index contributed by atoms with van der Waals surface area (Å²) in [6.45, 7) is 2.20. The number of anilines is 1. The number of hydrogen-bond acceptors (Lipinski definition) is 3. The molecule has 0 heterocycles. The van der Waals surface area contributed by atoms with E-state index < -0.39 is 0 Å². The van der Waals surface area contributed by atoms with Gasteiger partial charge in [0.1, 0.15) is 0 Å². The van der Waals surface area contributed by atoms with Crippen LogP contribution in [0.2, 0.25) is 0 Å². The Kier molecular flexibility index (Phi) is 4.87. The van der Waals surface area contributed by atoms with E-state index in [0.717, 1.165) is 22.0 Å². The van der Waals surface area contributed by atoms with Crippen LogP contribution in [0.3, 0.4) is 0 Å². The Morgan fingerprint density at radius 1 is 1.00 bits per heavy atom. The molecule has 0 fully saturated rings. The van der Waals surface area contributed by atoms with Gasteiger partial charge in [-0.3, -0.25) is 4.79 Å². The van der Waals surface area contributed by atoms with Crippen LogP contribution in [0, 0.1) is 6.92 Å². The molecule has 0 aromatic heterocycles. The number of benzene rings is 3. The molecule has 3 rings (SSSR count).